The topological polar surface area (TPSA) is 3.24 Å². The zero-order valence-electron chi connectivity index (χ0n) is 16.2. The van der Waals surface area contributed by atoms with E-state index in [4.69, 9.17) is 0 Å². The highest BCUT2D eigenvalue weighted by atomic mass is 15.1. The first-order valence-corrected chi connectivity index (χ1v) is 9.63. The van der Waals surface area contributed by atoms with Crippen molar-refractivity contribution in [2.24, 2.45) is 5.92 Å². The fraction of sp³-hybridized carbons (Fsp3) is 0.280. The van der Waals surface area contributed by atoms with Crippen LogP contribution in [0.4, 0.5) is 11.4 Å². The number of allylic oxidation sites excluding steroid dienone is 3. The van der Waals surface area contributed by atoms with Crippen molar-refractivity contribution in [3.63, 3.8) is 0 Å². The van der Waals surface area contributed by atoms with E-state index in [-0.39, 0.29) is 0 Å². The van der Waals surface area contributed by atoms with E-state index in [1.807, 2.05) is 6.08 Å². The molecule has 1 aliphatic carbocycles. The molecule has 0 spiro atoms. The molecule has 0 bridgehead atoms. The summed E-state index contributed by atoms with van der Waals surface area (Å²) in [6, 6.07) is 15.4. The van der Waals surface area contributed by atoms with Gasteiger partial charge in [0, 0.05) is 16.9 Å². The third-order valence-electron chi connectivity index (χ3n) is 4.98. The van der Waals surface area contributed by atoms with Gasteiger partial charge in [-0.25, -0.2) is 0 Å². The zero-order valence-corrected chi connectivity index (χ0v) is 16.2. The van der Waals surface area contributed by atoms with Gasteiger partial charge in [-0.05, 0) is 55.5 Å². The van der Waals surface area contributed by atoms with Crippen LogP contribution in [0.25, 0.3) is 6.08 Å². The Morgan fingerprint density at radius 3 is 2.54 bits per heavy atom. The van der Waals surface area contributed by atoms with E-state index in [1.54, 1.807) is 0 Å². The van der Waals surface area contributed by atoms with Crippen molar-refractivity contribution in [1.82, 2.24) is 0 Å². The van der Waals surface area contributed by atoms with E-state index in [0.29, 0.717) is 5.92 Å². The van der Waals surface area contributed by atoms with Gasteiger partial charge in [0.15, 0.2) is 0 Å². The Hall–Kier alpha value is -2.54. The molecule has 1 unspecified atom stereocenters. The monoisotopic (exact) mass is 343 g/mol. The quantitative estimate of drug-likeness (QED) is 0.535. The second-order valence-electron chi connectivity index (χ2n) is 7.18. The highest BCUT2D eigenvalue weighted by Gasteiger charge is 2.19. The van der Waals surface area contributed by atoms with Crippen LogP contribution in [0.3, 0.4) is 0 Å². The van der Waals surface area contributed by atoms with Gasteiger partial charge in [-0.15, -0.1) is 0 Å². The highest BCUT2D eigenvalue weighted by Crippen LogP contribution is 2.37. The molecule has 0 aromatic heterocycles. The van der Waals surface area contributed by atoms with Crippen molar-refractivity contribution in [3.8, 4) is 0 Å². The van der Waals surface area contributed by atoms with Gasteiger partial charge >= 0.3 is 0 Å². The number of nitrogens with zero attached hydrogens (tertiary/aromatic N) is 1. The Bertz CT molecular complexity index is 824. The third kappa shape index (κ3) is 3.83. The van der Waals surface area contributed by atoms with Crippen molar-refractivity contribution in [3.05, 3.63) is 89.7 Å². The van der Waals surface area contributed by atoms with Gasteiger partial charge < -0.3 is 4.90 Å². The summed E-state index contributed by atoms with van der Waals surface area (Å²) in [6.45, 7) is 10.7. The van der Waals surface area contributed by atoms with Gasteiger partial charge in [-0.1, -0.05) is 74.9 Å². The average Bonchev–Trinajstić information content (AvgIpc) is 2.65. The van der Waals surface area contributed by atoms with E-state index < -0.39 is 0 Å². The number of hydrogen-bond acceptors (Lipinski definition) is 1. The van der Waals surface area contributed by atoms with Crippen LogP contribution in [-0.4, -0.2) is 0 Å². The fourth-order valence-corrected chi connectivity index (χ4v) is 3.52. The molecule has 0 saturated carbocycles. The van der Waals surface area contributed by atoms with Gasteiger partial charge in [-0.3, -0.25) is 0 Å². The minimum absolute atomic E-state index is 0.601. The lowest BCUT2D eigenvalue weighted by Crippen LogP contribution is -2.18. The van der Waals surface area contributed by atoms with Gasteiger partial charge in [0.25, 0.3) is 0 Å². The summed E-state index contributed by atoms with van der Waals surface area (Å²) >= 11 is 0. The fourth-order valence-electron chi connectivity index (χ4n) is 3.52. The number of anilines is 2. The Labute approximate surface area is 158 Å². The van der Waals surface area contributed by atoms with Crippen molar-refractivity contribution in [2.45, 2.75) is 40.0 Å². The van der Waals surface area contributed by atoms with E-state index in [1.165, 1.54) is 33.8 Å². The smallest absolute Gasteiger partial charge is 0.0536 e. The minimum atomic E-state index is 0.601. The molecule has 134 valence electrons. The summed E-state index contributed by atoms with van der Waals surface area (Å²) in [6.07, 6.45) is 12.2. The summed E-state index contributed by atoms with van der Waals surface area (Å²) < 4.78 is 0. The number of rotatable bonds is 6. The maximum atomic E-state index is 4.12. The predicted octanol–water partition coefficient (Wildman–Crippen LogP) is 7.21. The Kier molecular flexibility index (Phi) is 5.78. The van der Waals surface area contributed by atoms with Gasteiger partial charge in [0.2, 0.25) is 0 Å². The Morgan fingerprint density at radius 1 is 1.15 bits per heavy atom. The molecule has 1 nitrogen and oxygen atoms in total. The molecule has 0 aliphatic heterocycles. The largest absolute Gasteiger partial charge is 0.310 e. The lowest BCUT2D eigenvalue weighted by atomic mass is 9.97. The molecule has 0 heterocycles. The lowest BCUT2D eigenvalue weighted by Gasteiger charge is -2.30. The number of benzene rings is 2. The molecule has 1 aliphatic rings. The SMILES string of the molecule is C=Cc1c(CCC)cccc1N(C1=CCC(C)C=C1)c1ccc(C)cc1. The van der Waals surface area contributed by atoms with Crippen LogP contribution >= 0.6 is 0 Å². The lowest BCUT2D eigenvalue weighted by molar-refractivity contribution is 0.728. The first kappa shape index (κ1) is 18.3. The molecule has 0 N–H and O–H groups in total. The van der Waals surface area contributed by atoms with Crippen LogP contribution in [0.2, 0.25) is 0 Å². The molecule has 0 saturated heterocycles. The maximum Gasteiger partial charge on any atom is 0.0536 e. The molecule has 1 heteroatoms. The summed E-state index contributed by atoms with van der Waals surface area (Å²) in [7, 11) is 0. The van der Waals surface area contributed by atoms with Gasteiger partial charge in [0.05, 0.1) is 5.69 Å². The zero-order chi connectivity index (χ0) is 18.5. The molecule has 0 amide bonds. The van der Waals surface area contributed by atoms with Crippen LogP contribution in [0, 0.1) is 12.8 Å². The van der Waals surface area contributed by atoms with E-state index in [2.05, 4.69) is 92.9 Å². The van der Waals surface area contributed by atoms with Crippen LogP contribution < -0.4 is 4.90 Å². The summed E-state index contributed by atoms with van der Waals surface area (Å²) in [5.41, 5.74) is 7.52. The van der Waals surface area contributed by atoms with Crippen LogP contribution in [0.1, 0.15) is 43.4 Å². The molecular formula is C25H29N. The number of aryl methyl sites for hydroxylation is 2. The van der Waals surface area contributed by atoms with Crippen LogP contribution in [0.5, 0.6) is 0 Å². The van der Waals surface area contributed by atoms with E-state index in [0.717, 1.165) is 19.3 Å². The number of hydrogen-bond donors (Lipinski definition) is 0. The van der Waals surface area contributed by atoms with E-state index in [9.17, 15) is 0 Å². The molecule has 3 rings (SSSR count). The van der Waals surface area contributed by atoms with Gasteiger partial charge in [-0.2, -0.15) is 0 Å². The second kappa shape index (κ2) is 8.23. The third-order valence-corrected chi connectivity index (χ3v) is 4.98. The minimum Gasteiger partial charge on any atom is -0.310 e. The average molecular weight is 344 g/mol. The normalized spacial score (nSPS) is 16.3. The first-order valence-electron chi connectivity index (χ1n) is 9.63. The van der Waals surface area contributed by atoms with Crippen molar-refractivity contribution >= 4 is 17.5 Å². The standard InChI is InChI=1S/C25H29N/c1-5-8-21-9-7-10-25(24(21)6-2)26(22-15-11-19(3)12-16-22)23-17-13-20(4)14-18-23/h6-7,9-13,15-18,20H,2,5,8,14H2,1,3-4H3. The van der Waals surface area contributed by atoms with E-state index >= 15 is 0 Å². The molecule has 2 aromatic carbocycles. The van der Waals surface area contributed by atoms with Crippen molar-refractivity contribution < 1.29 is 0 Å². The first-order chi connectivity index (χ1) is 12.6. The molecule has 2 aromatic rings. The highest BCUT2D eigenvalue weighted by molar-refractivity contribution is 5.79. The maximum absolute atomic E-state index is 4.12. The molecule has 0 fully saturated rings. The Morgan fingerprint density at radius 2 is 1.92 bits per heavy atom. The van der Waals surface area contributed by atoms with Crippen molar-refractivity contribution in [2.75, 3.05) is 4.90 Å². The molecule has 26 heavy (non-hydrogen) atoms. The van der Waals surface area contributed by atoms with Gasteiger partial charge in [0.1, 0.15) is 0 Å². The molecule has 0 radical (unpaired) electrons. The summed E-state index contributed by atoms with van der Waals surface area (Å²) in [4.78, 5) is 2.37. The molecule has 1 atom stereocenters. The summed E-state index contributed by atoms with van der Waals surface area (Å²) in [5.74, 6) is 0.601. The van der Waals surface area contributed by atoms with Crippen LogP contribution in [0.15, 0.2) is 73.0 Å². The predicted molar refractivity (Wildman–Crippen MR) is 115 cm³/mol. The molecular weight excluding hydrogens is 314 g/mol. The van der Waals surface area contributed by atoms with Crippen molar-refractivity contribution in [1.29, 1.82) is 0 Å². The Balaban J connectivity index is 2.15. The van der Waals surface area contributed by atoms with Crippen LogP contribution in [-0.2, 0) is 6.42 Å². The summed E-state index contributed by atoms with van der Waals surface area (Å²) in [5, 5.41) is 0. The second-order valence-corrected chi connectivity index (χ2v) is 7.18.